The van der Waals surface area contributed by atoms with Crippen molar-refractivity contribution >= 4 is 11.9 Å². The zero-order chi connectivity index (χ0) is 14.5. The molecule has 0 bridgehead atoms. The normalized spacial score (nSPS) is 26.5. The third-order valence-electron chi connectivity index (χ3n) is 4.18. The number of aliphatic carboxylic acids is 1. The van der Waals surface area contributed by atoms with Crippen LogP contribution in [-0.4, -0.2) is 36.1 Å². The molecule has 1 aliphatic heterocycles. The Hall–Kier alpha value is -1.10. The van der Waals surface area contributed by atoms with Crippen molar-refractivity contribution < 1.29 is 14.7 Å². The predicted molar refractivity (Wildman–Crippen MR) is 73.8 cm³/mol. The Morgan fingerprint density at radius 2 is 2.11 bits per heavy atom. The molecule has 0 aliphatic carbocycles. The van der Waals surface area contributed by atoms with Crippen molar-refractivity contribution in [2.45, 2.75) is 52.5 Å². The van der Waals surface area contributed by atoms with Crippen LogP contribution in [0, 0.1) is 11.3 Å². The summed E-state index contributed by atoms with van der Waals surface area (Å²) in [6, 6.07) is -0.347. The fourth-order valence-electron chi connectivity index (χ4n) is 2.67. The molecule has 0 spiro atoms. The lowest BCUT2D eigenvalue weighted by molar-refractivity contribution is -0.142. The highest BCUT2D eigenvalue weighted by Gasteiger charge is 2.39. The molecule has 0 aromatic heterocycles. The van der Waals surface area contributed by atoms with Crippen molar-refractivity contribution in [3.63, 3.8) is 0 Å². The first-order valence-electron chi connectivity index (χ1n) is 7.17. The van der Waals surface area contributed by atoms with Crippen molar-refractivity contribution in [3.8, 4) is 0 Å². The van der Waals surface area contributed by atoms with Gasteiger partial charge in [-0.15, -0.1) is 0 Å². The van der Waals surface area contributed by atoms with E-state index in [1.54, 1.807) is 13.8 Å². The van der Waals surface area contributed by atoms with E-state index in [4.69, 9.17) is 5.11 Å². The minimum atomic E-state index is -0.876. The van der Waals surface area contributed by atoms with Gasteiger partial charge in [0, 0.05) is 12.6 Å². The van der Waals surface area contributed by atoms with Crippen LogP contribution >= 0.6 is 0 Å². The van der Waals surface area contributed by atoms with Crippen LogP contribution in [0.3, 0.4) is 0 Å². The molecule has 0 saturated carbocycles. The number of nitrogens with one attached hydrogen (secondary N) is 2. The van der Waals surface area contributed by atoms with E-state index < -0.39 is 11.9 Å². The lowest BCUT2D eigenvalue weighted by atomic mass is 9.76. The number of carbonyl (C=O) groups is 2. The first kappa shape index (κ1) is 16.0. The molecule has 1 amide bonds. The predicted octanol–water partition coefficient (Wildman–Crippen LogP) is 1.38. The number of carbonyl (C=O) groups excluding carboxylic acids is 1. The van der Waals surface area contributed by atoms with Gasteiger partial charge >= 0.3 is 5.97 Å². The molecular weight excluding hydrogens is 244 g/mol. The minimum Gasteiger partial charge on any atom is -0.481 e. The van der Waals surface area contributed by atoms with E-state index in [9.17, 15) is 9.59 Å². The summed E-state index contributed by atoms with van der Waals surface area (Å²) in [6.07, 6.45) is 3.68. The molecule has 110 valence electrons. The van der Waals surface area contributed by atoms with Crippen LogP contribution in [0.1, 0.15) is 46.5 Å². The zero-order valence-electron chi connectivity index (χ0n) is 12.2. The first-order valence-corrected chi connectivity index (χ1v) is 7.17. The fraction of sp³-hybridized carbons (Fsp3) is 0.857. The van der Waals surface area contributed by atoms with E-state index in [0.717, 1.165) is 32.2 Å². The van der Waals surface area contributed by atoms with Gasteiger partial charge in [-0.05, 0) is 39.7 Å². The molecule has 1 rings (SSSR count). The molecular formula is C14H26N2O3. The SMILES string of the molecule is CCCC1(C(=O)NC(C)C(C)C(=O)O)CCCNC1. The molecule has 5 heteroatoms. The van der Waals surface area contributed by atoms with Crippen molar-refractivity contribution in [2.24, 2.45) is 11.3 Å². The second-order valence-corrected chi connectivity index (χ2v) is 5.70. The van der Waals surface area contributed by atoms with E-state index in [-0.39, 0.29) is 17.4 Å². The summed E-state index contributed by atoms with van der Waals surface area (Å²) in [5.74, 6) is -1.44. The average Bonchev–Trinajstić information content (AvgIpc) is 2.38. The van der Waals surface area contributed by atoms with Crippen molar-refractivity contribution in [2.75, 3.05) is 13.1 Å². The Bertz CT molecular complexity index is 319. The topological polar surface area (TPSA) is 78.4 Å². The summed E-state index contributed by atoms with van der Waals surface area (Å²) < 4.78 is 0. The van der Waals surface area contributed by atoms with Gasteiger partial charge in [0.05, 0.1) is 11.3 Å². The number of amides is 1. The maximum atomic E-state index is 12.5. The first-order chi connectivity index (χ1) is 8.93. The molecule has 0 aromatic rings. The Balaban J connectivity index is 2.69. The molecule has 19 heavy (non-hydrogen) atoms. The third-order valence-corrected chi connectivity index (χ3v) is 4.18. The van der Waals surface area contributed by atoms with Crippen LogP contribution < -0.4 is 10.6 Å². The van der Waals surface area contributed by atoms with Gasteiger partial charge in [-0.1, -0.05) is 13.3 Å². The van der Waals surface area contributed by atoms with E-state index in [0.29, 0.717) is 6.54 Å². The summed E-state index contributed by atoms with van der Waals surface area (Å²) in [6.45, 7) is 7.11. The highest BCUT2D eigenvalue weighted by Crippen LogP contribution is 2.32. The van der Waals surface area contributed by atoms with Gasteiger partial charge in [0.15, 0.2) is 0 Å². The largest absolute Gasteiger partial charge is 0.481 e. The molecule has 5 nitrogen and oxygen atoms in total. The van der Waals surface area contributed by atoms with Gasteiger partial charge in [0.1, 0.15) is 0 Å². The molecule has 1 saturated heterocycles. The van der Waals surface area contributed by atoms with E-state index in [1.807, 2.05) is 0 Å². The second kappa shape index (κ2) is 6.89. The summed E-state index contributed by atoms with van der Waals surface area (Å²) in [7, 11) is 0. The molecule has 3 atom stereocenters. The van der Waals surface area contributed by atoms with E-state index in [1.165, 1.54) is 0 Å². The lowest BCUT2D eigenvalue weighted by Gasteiger charge is -2.37. The lowest BCUT2D eigenvalue weighted by Crippen LogP contribution is -2.53. The number of hydrogen-bond acceptors (Lipinski definition) is 3. The fourth-order valence-corrected chi connectivity index (χ4v) is 2.67. The molecule has 1 heterocycles. The Morgan fingerprint density at radius 1 is 1.42 bits per heavy atom. The summed E-state index contributed by atoms with van der Waals surface area (Å²) in [5.41, 5.74) is -0.362. The Kier molecular flexibility index (Phi) is 5.79. The Morgan fingerprint density at radius 3 is 2.58 bits per heavy atom. The maximum Gasteiger partial charge on any atom is 0.308 e. The van der Waals surface area contributed by atoms with Crippen LogP contribution in [0.25, 0.3) is 0 Å². The molecule has 0 aromatic carbocycles. The highest BCUT2D eigenvalue weighted by atomic mass is 16.4. The van der Waals surface area contributed by atoms with Gasteiger partial charge < -0.3 is 15.7 Å². The average molecular weight is 270 g/mol. The van der Waals surface area contributed by atoms with Crippen LogP contribution in [0.15, 0.2) is 0 Å². The monoisotopic (exact) mass is 270 g/mol. The van der Waals surface area contributed by atoms with Crippen LogP contribution in [-0.2, 0) is 9.59 Å². The van der Waals surface area contributed by atoms with Crippen molar-refractivity contribution in [1.82, 2.24) is 10.6 Å². The smallest absolute Gasteiger partial charge is 0.308 e. The van der Waals surface area contributed by atoms with Gasteiger partial charge in [0.2, 0.25) is 5.91 Å². The zero-order valence-corrected chi connectivity index (χ0v) is 12.2. The van der Waals surface area contributed by atoms with Crippen molar-refractivity contribution in [3.05, 3.63) is 0 Å². The quantitative estimate of drug-likeness (QED) is 0.681. The van der Waals surface area contributed by atoms with Crippen LogP contribution in [0.5, 0.6) is 0 Å². The number of carboxylic acids is 1. The van der Waals surface area contributed by atoms with Crippen LogP contribution in [0.2, 0.25) is 0 Å². The Labute approximate surface area is 115 Å². The van der Waals surface area contributed by atoms with Gasteiger partial charge in [-0.2, -0.15) is 0 Å². The highest BCUT2D eigenvalue weighted by molar-refractivity contribution is 5.84. The second-order valence-electron chi connectivity index (χ2n) is 5.70. The summed E-state index contributed by atoms with van der Waals surface area (Å²) in [4.78, 5) is 23.4. The number of piperidine rings is 1. The van der Waals surface area contributed by atoms with Crippen molar-refractivity contribution in [1.29, 1.82) is 0 Å². The molecule has 3 N–H and O–H groups in total. The third kappa shape index (κ3) is 3.93. The summed E-state index contributed by atoms with van der Waals surface area (Å²) in [5, 5.41) is 15.2. The van der Waals surface area contributed by atoms with Crippen LogP contribution in [0.4, 0.5) is 0 Å². The standard InChI is InChI=1S/C14H26N2O3/c1-4-6-14(7-5-8-15-9-14)13(19)16-11(3)10(2)12(17)18/h10-11,15H,4-9H2,1-3H3,(H,16,19)(H,17,18). The number of rotatable bonds is 6. The molecule has 3 unspecified atom stereocenters. The van der Waals surface area contributed by atoms with Gasteiger partial charge in [-0.3, -0.25) is 9.59 Å². The van der Waals surface area contributed by atoms with E-state index in [2.05, 4.69) is 17.6 Å². The minimum absolute atomic E-state index is 0.00199. The molecule has 1 fully saturated rings. The molecule has 1 aliphatic rings. The van der Waals surface area contributed by atoms with E-state index >= 15 is 0 Å². The van der Waals surface area contributed by atoms with Gasteiger partial charge in [-0.25, -0.2) is 0 Å². The summed E-state index contributed by atoms with van der Waals surface area (Å²) >= 11 is 0. The maximum absolute atomic E-state index is 12.5. The van der Waals surface area contributed by atoms with Gasteiger partial charge in [0.25, 0.3) is 0 Å². The number of hydrogen-bond donors (Lipinski definition) is 3. The molecule has 0 radical (unpaired) electrons. The number of carboxylic acid groups (broad SMARTS) is 1.